The SMILES string of the molecule is c1ccc(-c2nc(-c3ccccc3)nc(-c3ccc(-n4c5cc6ccccc6cc5c5c6ccccc6ccc54)cc3-c3cccc4oc5ccccc5c34)n2)cc1. The van der Waals surface area contributed by atoms with Crippen molar-refractivity contribution in [2.24, 2.45) is 0 Å². The van der Waals surface area contributed by atoms with E-state index in [1.807, 2.05) is 72.8 Å². The lowest BCUT2D eigenvalue weighted by Crippen LogP contribution is -2.02. The molecule has 0 spiro atoms. The molecule has 0 bridgehead atoms. The van der Waals surface area contributed by atoms with Gasteiger partial charge in [-0.25, -0.2) is 15.0 Å². The lowest BCUT2D eigenvalue weighted by Gasteiger charge is -2.16. The Morgan fingerprint density at radius 2 is 0.966 bits per heavy atom. The molecule has 58 heavy (non-hydrogen) atoms. The molecule has 0 N–H and O–H groups in total. The van der Waals surface area contributed by atoms with Crippen molar-refractivity contribution in [2.45, 2.75) is 0 Å². The molecule has 3 aromatic heterocycles. The van der Waals surface area contributed by atoms with Crippen molar-refractivity contribution in [3.63, 3.8) is 0 Å². The predicted molar refractivity (Wildman–Crippen MR) is 238 cm³/mol. The molecule has 0 aliphatic heterocycles. The van der Waals surface area contributed by atoms with Gasteiger partial charge in [0.1, 0.15) is 11.2 Å². The average molecular weight is 741 g/mol. The van der Waals surface area contributed by atoms with Crippen LogP contribution in [0.25, 0.3) is 116 Å². The Morgan fingerprint density at radius 3 is 1.72 bits per heavy atom. The van der Waals surface area contributed by atoms with Gasteiger partial charge in [-0.1, -0.05) is 146 Å². The van der Waals surface area contributed by atoms with Crippen LogP contribution in [-0.4, -0.2) is 19.5 Å². The molecule has 0 saturated carbocycles. The third-order valence-corrected chi connectivity index (χ3v) is 11.4. The molecular formula is C53H32N4O. The lowest BCUT2D eigenvalue weighted by atomic mass is 9.94. The van der Waals surface area contributed by atoms with Crippen molar-refractivity contribution in [1.82, 2.24) is 19.5 Å². The van der Waals surface area contributed by atoms with E-state index in [9.17, 15) is 0 Å². The van der Waals surface area contributed by atoms with Crippen LogP contribution >= 0.6 is 0 Å². The molecule has 3 heterocycles. The van der Waals surface area contributed by atoms with Gasteiger partial charge < -0.3 is 8.98 Å². The van der Waals surface area contributed by atoms with Gasteiger partial charge in [0.15, 0.2) is 17.5 Å². The van der Waals surface area contributed by atoms with Crippen LogP contribution in [0.2, 0.25) is 0 Å². The third kappa shape index (κ3) is 5.07. The highest BCUT2D eigenvalue weighted by atomic mass is 16.3. The highest BCUT2D eigenvalue weighted by Crippen LogP contribution is 2.44. The maximum atomic E-state index is 6.47. The minimum absolute atomic E-state index is 0.596. The number of hydrogen-bond acceptors (Lipinski definition) is 4. The van der Waals surface area contributed by atoms with E-state index < -0.39 is 0 Å². The summed E-state index contributed by atoms with van der Waals surface area (Å²) in [6, 6.07) is 68.1. The van der Waals surface area contributed by atoms with Gasteiger partial charge in [-0.15, -0.1) is 0 Å². The number of para-hydroxylation sites is 1. The number of furan rings is 1. The van der Waals surface area contributed by atoms with Crippen molar-refractivity contribution >= 4 is 65.3 Å². The molecule has 12 rings (SSSR count). The summed E-state index contributed by atoms with van der Waals surface area (Å²) in [6.45, 7) is 0. The number of rotatable bonds is 5. The summed E-state index contributed by atoms with van der Waals surface area (Å²) in [6.07, 6.45) is 0. The summed E-state index contributed by atoms with van der Waals surface area (Å²) in [5.41, 5.74) is 9.79. The Hall–Kier alpha value is -7.89. The van der Waals surface area contributed by atoms with Crippen molar-refractivity contribution in [3.05, 3.63) is 194 Å². The first-order chi connectivity index (χ1) is 28.7. The molecule has 9 aromatic carbocycles. The topological polar surface area (TPSA) is 56.7 Å². The zero-order valence-electron chi connectivity index (χ0n) is 31.2. The first-order valence-electron chi connectivity index (χ1n) is 19.5. The highest BCUT2D eigenvalue weighted by molar-refractivity contribution is 6.23. The largest absolute Gasteiger partial charge is 0.456 e. The molecule has 5 heteroatoms. The molecule has 0 aliphatic rings. The Bertz CT molecular complexity index is 3510. The van der Waals surface area contributed by atoms with Gasteiger partial charge in [0.25, 0.3) is 0 Å². The molecule has 270 valence electrons. The monoisotopic (exact) mass is 740 g/mol. The van der Waals surface area contributed by atoms with E-state index in [1.54, 1.807) is 0 Å². The smallest absolute Gasteiger partial charge is 0.164 e. The minimum atomic E-state index is 0.596. The van der Waals surface area contributed by atoms with Gasteiger partial charge in [-0.05, 0) is 81.2 Å². The summed E-state index contributed by atoms with van der Waals surface area (Å²) in [7, 11) is 0. The minimum Gasteiger partial charge on any atom is -0.456 e. The van der Waals surface area contributed by atoms with Gasteiger partial charge >= 0.3 is 0 Å². The second-order valence-electron chi connectivity index (χ2n) is 14.8. The van der Waals surface area contributed by atoms with Crippen LogP contribution in [-0.2, 0) is 0 Å². The van der Waals surface area contributed by atoms with E-state index in [-0.39, 0.29) is 0 Å². The average Bonchev–Trinajstić information content (AvgIpc) is 3.84. The molecule has 0 saturated heterocycles. The molecule has 0 unspecified atom stereocenters. The number of aromatic nitrogens is 4. The Kier molecular flexibility index (Phi) is 7.16. The molecule has 0 radical (unpaired) electrons. The van der Waals surface area contributed by atoms with Gasteiger partial charge in [-0.3, -0.25) is 0 Å². The standard InChI is InChI=1S/C53H32N4O/c1-3-15-34(16-4-1)51-54-52(35-17-5-2-6-18-35)56-53(55-51)41-28-27-38(32-43(41)40-23-13-25-48-50(40)42-22-11-12-24-47(42)58-48)57-45-29-26-33-14-9-10-21-39(33)49(45)44-30-36-19-7-8-20-37(36)31-46(44)57/h1-32H. The van der Waals surface area contributed by atoms with E-state index in [0.29, 0.717) is 17.5 Å². The Morgan fingerprint density at radius 1 is 0.345 bits per heavy atom. The van der Waals surface area contributed by atoms with E-state index >= 15 is 0 Å². The molecule has 0 fully saturated rings. The summed E-state index contributed by atoms with van der Waals surface area (Å²) < 4.78 is 8.89. The van der Waals surface area contributed by atoms with E-state index in [1.165, 1.54) is 32.3 Å². The molecule has 0 aliphatic carbocycles. The summed E-state index contributed by atoms with van der Waals surface area (Å²) in [4.78, 5) is 15.5. The van der Waals surface area contributed by atoms with Crippen LogP contribution in [0.4, 0.5) is 0 Å². The van der Waals surface area contributed by atoms with Crippen molar-refractivity contribution in [2.75, 3.05) is 0 Å². The second kappa shape index (κ2) is 12.8. The van der Waals surface area contributed by atoms with Gasteiger partial charge in [0.05, 0.1) is 11.0 Å². The molecule has 12 aromatic rings. The van der Waals surface area contributed by atoms with Crippen LogP contribution in [0, 0.1) is 0 Å². The number of hydrogen-bond donors (Lipinski definition) is 0. The fourth-order valence-corrected chi connectivity index (χ4v) is 8.77. The van der Waals surface area contributed by atoms with Crippen molar-refractivity contribution < 1.29 is 4.42 Å². The van der Waals surface area contributed by atoms with Crippen molar-refractivity contribution in [1.29, 1.82) is 0 Å². The quantitative estimate of drug-likeness (QED) is 0.176. The number of benzene rings is 9. The summed E-state index contributed by atoms with van der Waals surface area (Å²) in [5.74, 6) is 1.83. The highest BCUT2D eigenvalue weighted by Gasteiger charge is 2.22. The van der Waals surface area contributed by atoms with Gasteiger partial charge in [0, 0.05) is 43.9 Å². The van der Waals surface area contributed by atoms with E-state index in [0.717, 1.165) is 66.5 Å². The predicted octanol–water partition coefficient (Wildman–Crippen LogP) is 13.8. The van der Waals surface area contributed by atoms with Gasteiger partial charge in [0.2, 0.25) is 0 Å². The number of nitrogens with zero attached hydrogens (tertiary/aromatic N) is 4. The maximum absolute atomic E-state index is 6.47. The van der Waals surface area contributed by atoms with Crippen LogP contribution in [0.15, 0.2) is 199 Å². The van der Waals surface area contributed by atoms with E-state index in [4.69, 9.17) is 19.4 Å². The molecule has 0 atom stereocenters. The number of fused-ring (bicyclic) bond motifs is 9. The van der Waals surface area contributed by atoms with E-state index in [2.05, 4.69) is 126 Å². The fraction of sp³-hybridized carbons (Fsp3) is 0. The fourth-order valence-electron chi connectivity index (χ4n) is 8.77. The zero-order chi connectivity index (χ0) is 38.2. The Balaban J connectivity index is 1.19. The zero-order valence-corrected chi connectivity index (χ0v) is 31.2. The second-order valence-corrected chi connectivity index (χ2v) is 14.8. The lowest BCUT2D eigenvalue weighted by molar-refractivity contribution is 0.669. The first-order valence-corrected chi connectivity index (χ1v) is 19.5. The summed E-state index contributed by atoms with van der Waals surface area (Å²) >= 11 is 0. The van der Waals surface area contributed by atoms with Crippen LogP contribution < -0.4 is 0 Å². The van der Waals surface area contributed by atoms with Crippen LogP contribution in [0.3, 0.4) is 0 Å². The van der Waals surface area contributed by atoms with Gasteiger partial charge in [-0.2, -0.15) is 0 Å². The van der Waals surface area contributed by atoms with Crippen molar-refractivity contribution in [3.8, 4) is 51.0 Å². The third-order valence-electron chi connectivity index (χ3n) is 11.4. The summed E-state index contributed by atoms with van der Waals surface area (Å²) in [5, 5.41) is 9.44. The van der Waals surface area contributed by atoms with Crippen LogP contribution in [0.5, 0.6) is 0 Å². The first kappa shape index (κ1) is 32.4. The maximum Gasteiger partial charge on any atom is 0.164 e. The Labute approximate surface area is 333 Å². The molecular weight excluding hydrogens is 709 g/mol. The molecule has 5 nitrogen and oxygen atoms in total. The van der Waals surface area contributed by atoms with Crippen LogP contribution in [0.1, 0.15) is 0 Å². The molecule has 0 amide bonds. The normalized spacial score (nSPS) is 11.8.